The average molecular weight is 405 g/mol. The minimum atomic E-state index is -0.297. The van der Waals surface area contributed by atoms with Crippen LogP contribution in [0.15, 0.2) is 30.3 Å². The summed E-state index contributed by atoms with van der Waals surface area (Å²) in [6, 6.07) is 8.59. The van der Waals surface area contributed by atoms with E-state index >= 15 is 0 Å². The fourth-order valence-electron chi connectivity index (χ4n) is 2.20. The summed E-state index contributed by atoms with van der Waals surface area (Å²) in [7, 11) is 0. The highest BCUT2D eigenvalue weighted by Crippen LogP contribution is 2.41. The van der Waals surface area contributed by atoms with E-state index in [1.54, 1.807) is 30.3 Å². The van der Waals surface area contributed by atoms with Gasteiger partial charge in [0.1, 0.15) is 4.88 Å². The normalized spacial score (nSPS) is 11.0. The van der Waals surface area contributed by atoms with Crippen molar-refractivity contribution in [3.05, 3.63) is 60.9 Å². The van der Waals surface area contributed by atoms with Gasteiger partial charge in [0.05, 0.1) is 10.0 Å². The van der Waals surface area contributed by atoms with Crippen molar-refractivity contribution in [2.75, 3.05) is 5.32 Å². The molecule has 0 aliphatic carbocycles. The molecule has 0 aliphatic rings. The molecule has 3 aromatic rings. The lowest BCUT2D eigenvalue weighted by molar-refractivity contribution is 0.103. The second-order valence-electron chi connectivity index (χ2n) is 4.92. The van der Waals surface area contributed by atoms with Crippen molar-refractivity contribution < 1.29 is 4.79 Å². The van der Waals surface area contributed by atoms with Crippen molar-refractivity contribution in [2.24, 2.45) is 0 Å². The minimum Gasteiger partial charge on any atom is -0.321 e. The van der Waals surface area contributed by atoms with E-state index in [-0.39, 0.29) is 5.91 Å². The number of halogens is 4. The van der Waals surface area contributed by atoms with Gasteiger partial charge in [-0.3, -0.25) is 4.79 Å². The predicted molar refractivity (Wildman–Crippen MR) is 101 cm³/mol. The number of nitrogens with one attached hydrogen (secondary N) is 1. The number of hydrogen-bond acceptors (Lipinski definition) is 2. The van der Waals surface area contributed by atoms with Gasteiger partial charge in [-0.25, -0.2) is 0 Å². The molecule has 23 heavy (non-hydrogen) atoms. The van der Waals surface area contributed by atoms with E-state index in [1.165, 1.54) is 11.3 Å². The molecule has 0 aliphatic heterocycles. The Morgan fingerprint density at radius 2 is 1.78 bits per heavy atom. The third kappa shape index (κ3) is 3.30. The SMILES string of the molecule is Cc1cc(Cl)ccc1NC(=O)c1sc2cc(Cl)cc(Cl)c2c1Cl. The maximum Gasteiger partial charge on any atom is 0.267 e. The van der Waals surface area contributed by atoms with Crippen LogP contribution in [0.1, 0.15) is 15.2 Å². The molecule has 2 nitrogen and oxygen atoms in total. The molecule has 0 spiro atoms. The van der Waals surface area contributed by atoms with Gasteiger partial charge in [0.15, 0.2) is 0 Å². The van der Waals surface area contributed by atoms with Gasteiger partial charge in [0, 0.05) is 25.8 Å². The smallest absolute Gasteiger partial charge is 0.267 e. The second kappa shape index (κ2) is 6.50. The summed E-state index contributed by atoms with van der Waals surface area (Å²) < 4.78 is 0.769. The monoisotopic (exact) mass is 403 g/mol. The average Bonchev–Trinajstić information content (AvgIpc) is 2.79. The Morgan fingerprint density at radius 3 is 2.48 bits per heavy atom. The molecule has 0 unspecified atom stereocenters. The molecule has 0 atom stereocenters. The Bertz CT molecular complexity index is 935. The molecule has 7 heteroatoms. The molecule has 2 aromatic carbocycles. The number of thiophene rings is 1. The van der Waals surface area contributed by atoms with Crippen molar-refractivity contribution in [3.63, 3.8) is 0 Å². The van der Waals surface area contributed by atoms with Crippen LogP contribution in [0.3, 0.4) is 0 Å². The number of aryl methyl sites for hydroxylation is 1. The van der Waals surface area contributed by atoms with E-state index in [9.17, 15) is 4.79 Å². The maximum absolute atomic E-state index is 12.5. The molecule has 0 saturated heterocycles. The first-order valence-electron chi connectivity index (χ1n) is 6.51. The molecule has 0 radical (unpaired) electrons. The lowest BCUT2D eigenvalue weighted by atomic mass is 10.2. The standard InChI is InChI=1S/C16H9Cl4NOS/c1-7-4-8(17)2-3-11(7)21-16(22)15-14(20)13-10(19)5-9(18)6-12(13)23-15/h2-6H,1H3,(H,21,22). The summed E-state index contributed by atoms with van der Waals surface area (Å²) in [5.41, 5.74) is 1.54. The third-order valence-electron chi connectivity index (χ3n) is 3.29. The molecule has 3 rings (SSSR count). The van der Waals surface area contributed by atoms with Crippen LogP contribution in [0.2, 0.25) is 20.1 Å². The zero-order valence-electron chi connectivity index (χ0n) is 11.7. The first-order valence-corrected chi connectivity index (χ1v) is 8.84. The number of anilines is 1. The van der Waals surface area contributed by atoms with E-state index in [4.69, 9.17) is 46.4 Å². The number of fused-ring (bicyclic) bond motifs is 1. The summed E-state index contributed by atoms with van der Waals surface area (Å²) in [5.74, 6) is -0.297. The molecular weight excluding hydrogens is 396 g/mol. The molecule has 1 N–H and O–H groups in total. The van der Waals surface area contributed by atoms with E-state index in [0.717, 1.165) is 10.3 Å². The van der Waals surface area contributed by atoms with Gasteiger partial charge in [0.2, 0.25) is 0 Å². The van der Waals surface area contributed by atoms with Gasteiger partial charge >= 0.3 is 0 Å². The minimum absolute atomic E-state index is 0.297. The predicted octanol–water partition coefficient (Wildman–Crippen LogP) is 7.08. The van der Waals surface area contributed by atoms with E-state index < -0.39 is 0 Å². The quantitative estimate of drug-likeness (QED) is 0.485. The Morgan fingerprint density at radius 1 is 1.04 bits per heavy atom. The number of carbonyl (C=O) groups excluding carboxylic acids is 1. The number of hydrogen-bond donors (Lipinski definition) is 1. The Balaban J connectivity index is 2.01. The summed E-state index contributed by atoms with van der Waals surface area (Å²) in [4.78, 5) is 12.9. The Hall–Kier alpha value is -0.970. The zero-order chi connectivity index (χ0) is 16.7. The van der Waals surface area contributed by atoms with Gasteiger partial charge in [-0.05, 0) is 42.8 Å². The number of amides is 1. The van der Waals surface area contributed by atoms with Crippen LogP contribution in [0.25, 0.3) is 10.1 Å². The number of benzene rings is 2. The van der Waals surface area contributed by atoms with Crippen LogP contribution in [0.4, 0.5) is 5.69 Å². The number of rotatable bonds is 2. The van der Waals surface area contributed by atoms with Crippen molar-refractivity contribution in [3.8, 4) is 0 Å². The summed E-state index contributed by atoms with van der Waals surface area (Å²) >= 11 is 25.7. The third-order valence-corrected chi connectivity index (χ3v) is 5.67. The lowest BCUT2D eigenvalue weighted by Crippen LogP contribution is -2.11. The van der Waals surface area contributed by atoms with Crippen LogP contribution in [0, 0.1) is 6.92 Å². The molecule has 0 saturated carbocycles. The highest BCUT2D eigenvalue weighted by molar-refractivity contribution is 7.21. The number of carbonyl (C=O) groups is 1. The van der Waals surface area contributed by atoms with Gasteiger partial charge < -0.3 is 5.32 Å². The summed E-state index contributed by atoms with van der Waals surface area (Å²) in [6.45, 7) is 1.87. The van der Waals surface area contributed by atoms with E-state index in [2.05, 4.69) is 5.32 Å². The van der Waals surface area contributed by atoms with Gasteiger partial charge in [0.25, 0.3) is 5.91 Å². The van der Waals surface area contributed by atoms with Crippen molar-refractivity contribution in [1.82, 2.24) is 0 Å². The lowest BCUT2D eigenvalue weighted by Gasteiger charge is -2.07. The van der Waals surface area contributed by atoms with E-state index in [1.807, 2.05) is 6.92 Å². The van der Waals surface area contributed by atoms with Crippen LogP contribution in [-0.2, 0) is 0 Å². The fourth-order valence-corrected chi connectivity index (χ4v) is 4.70. The van der Waals surface area contributed by atoms with Gasteiger partial charge in [-0.2, -0.15) is 0 Å². The highest BCUT2D eigenvalue weighted by atomic mass is 35.5. The van der Waals surface area contributed by atoms with Gasteiger partial charge in [-0.1, -0.05) is 46.4 Å². The molecule has 0 fully saturated rings. The summed E-state index contributed by atoms with van der Waals surface area (Å²) in [5, 5.41) is 5.35. The highest BCUT2D eigenvalue weighted by Gasteiger charge is 2.20. The van der Waals surface area contributed by atoms with Crippen molar-refractivity contribution in [1.29, 1.82) is 0 Å². The van der Waals surface area contributed by atoms with Crippen LogP contribution in [-0.4, -0.2) is 5.91 Å². The van der Waals surface area contributed by atoms with Crippen LogP contribution >= 0.6 is 57.7 Å². The topological polar surface area (TPSA) is 29.1 Å². The zero-order valence-corrected chi connectivity index (χ0v) is 15.6. The fraction of sp³-hybridized carbons (Fsp3) is 0.0625. The van der Waals surface area contributed by atoms with Crippen molar-refractivity contribution in [2.45, 2.75) is 6.92 Å². The largest absolute Gasteiger partial charge is 0.321 e. The molecule has 0 bridgehead atoms. The molecule has 1 amide bonds. The summed E-state index contributed by atoms with van der Waals surface area (Å²) in [6.07, 6.45) is 0. The van der Waals surface area contributed by atoms with Crippen LogP contribution < -0.4 is 5.32 Å². The Labute approximate surface area is 156 Å². The molecule has 1 heterocycles. The Kier molecular flexibility index (Phi) is 4.77. The molecule has 1 aromatic heterocycles. The first kappa shape index (κ1) is 16.9. The van der Waals surface area contributed by atoms with Crippen LogP contribution in [0.5, 0.6) is 0 Å². The van der Waals surface area contributed by atoms with E-state index in [0.29, 0.717) is 36.0 Å². The van der Waals surface area contributed by atoms with Crippen molar-refractivity contribution >= 4 is 79.4 Å². The molecule has 118 valence electrons. The first-order chi connectivity index (χ1) is 10.9. The molecular formula is C16H9Cl4NOS. The second-order valence-corrected chi connectivity index (χ2v) is 7.63. The van der Waals surface area contributed by atoms with Gasteiger partial charge in [-0.15, -0.1) is 11.3 Å². The maximum atomic E-state index is 12.5.